The minimum atomic E-state index is -0.157. The Balaban J connectivity index is 2.11. The van der Waals surface area contributed by atoms with Crippen LogP contribution in [0.5, 0.6) is 0 Å². The third-order valence-corrected chi connectivity index (χ3v) is 3.99. The van der Waals surface area contributed by atoms with E-state index >= 15 is 0 Å². The fourth-order valence-electron chi connectivity index (χ4n) is 2.32. The highest BCUT2D eigenvalue weighted by Crippen LogP contribution is 2.26. The van der Waals surface area contributed by atoms with E-state index in [2.05, 4.69) is 49.9 Å². The van der Waals surface area contributed by atoms with Crippen LogP contribution in [0, 0.1) is 6.92 Å². The SMILES string of the molecule is Cc1ccccc1Cn1ncc2c(Cl)nc(C(C)(C)C)nc21. The Morgan fingerprint density at radius 3 is 2.55 bits per heavy atom. The molecule has 0 aliphatic rings. The molecule has 0 saturated carbocycles. The predicted octanol–water partition coefficient (Wildman–Crippen LogP) is 4.13. The van der Waals surface area contributed by atoms with Gasteiger partial charge >= 0.3 is 0 Å². The first-order valence-electron chi connectivity index (χ1n) is 7.30. The Hall–Kier alpha value is -1.94. The second-order valence-electron chi connectivity index (χ2n) is 6.55. The third kappa shape index (κ3) is 2.71. The second kappa shape index (κ2) is 5.36. The summed E-state index contributed by atoms with van der Waals surface area (Å²) >= 11 is 6.31. The molecule has 2 heterocycles. The maximum absolute atomic E-state index is 6.31. The van der Waals surface area contributed by atoms with Crippen LogP contribution in [0.2, 0.25) is 5.15 Å². The van der Waals surface area contributed by atoms with E-state index in [9.17, 15) is 0 Å². The van der Waals surface area contributed by atoms with E-state index in [1.807, 2.05) is 16.8 Å². The molecule has 0 saturated heterocycles. The highest BCUT2D eigenvalue weighted by Gasteiger charge is 2.21. The summed E-state index contributed by atoms with van der Waals surface area (Å²) in [7, 11) is 0. The first kappa shape index (κ1) is 15.0. The summed E-state index contributed by atoms with van der Waals surface area (Å²) in [5.74, 6) is 0.733. The molecule has 0 amide bonds. The lowest BCUT2D eigenvalue weighted by Gasteiger charge is -2.17. The zero-order valence-electron chi connectivity index (χ0n) is 13.3. The molecule has 0 aliphatic heterocycles. The lowest BCUT2D eigenvalue weighted by Crippen LogP contribution is -2.17. The summed E-state index contributed by atoms with van der Waals surface area (Å²) in [5, 5.41) is 5.70. The van der Waals surface area contributed by atoms with Crippen molar-refractivity contribution in [3.05, 3.63) is 52.6 Å². The summed E-state index contributed by atoms with van der Waals surface area (Å²) in [6, 6.07) is 8.28. The van der Waals surface area contributed by atoms with E-state index in [-0.39, 0.29) is 5.41 Å². The van der Waals surface area contributed by atoms with Crippen LogP contribution >= 0.6 is 11.6 Å². The predicted molar refractivity (Wildman–Crippen MR) is 89.3 cm³/mol. The molecule has 0 aliphatic carbocycles. The molecule has 0 fully saturated rings. The highest BCUT2D eigenvalue weighted by atomic mass is 35.5. The van der Waals surface area contributed by atoms with Gasteiger partial charge in [0, 0.05) is 5.41 Å². The molecule has 0 spiro atoms. The molecule has 0 N–H and O–H groups in total. The van der Waals surface area contributed by atoms with Crippen LogP contribution in [0.4, 0.5) is 0 Å². The summed E-state index contributed by atoms with van der Waals surface area (Å²) in [4.78, 5) is 9.11. The third-order valence-electron chi connectivity index (χ3n) is 3.70. The van der Waals surface area contributed by atoms with Crippen molar-refractivity contribution in [2.24, 2.45) is 0 Å². The van der Waals surface area contributed by atoms with Crippen molar-refractivity contribution in [3.8, 4) is 0 Å². The van der Waals surface area contributed by atoms with Crippen molar-refractivity contribution in [1.82, 2.24) is 19.7 Å². The van der Waals surface area contributed by atoms with Crippen LogP contribution in [0.15, 0.2) is 30.5 Å². The van der Waals surface area contributed by atoms with Gasteiger partial charge in [0.1, 0.15) is 11.0 Å². The number of fused-ring (bicyclic) bond motifs is 1. The monoisotopic (exact) mass is 314 g/mol. The quantitative estimate of drug-likeness (QED) is 0.668. The number of aryl methyl sites for hydroxylation is 1. The number of hydrogen-bond acceptors (Lipinski definition) is 3. The van der Waals surface area contributed by atoms with E-state index in [0.29, 0.717) is 11.7 Å². The van der Waals surface area contributed by atoms with Gasteiger partial charge in [-0.05, 0) is 18.1 Å². The van der Waals surface area contributed by atoms with E-state index in [1.165, 1.54) is 11.1 Å². The van der Waals surface area contributed by atoms with Gasteiger partial charge in [-0.15, -0.1) is 0 Å². The minimum Gasteiger partial charge on any atom is -0.243 e. The lowest BCUT2D eigenvalue weighted by atomic mass is 9.96. The van der Waals surface area contributed by atoms with Crippen molar-refractivity contribution in [3.63, 3.8) is 0 Å². The Bertz CT molecular complexity index is 830. The van der Waals surface area contributed by atoms with Gasteiger partial charge in [0.05, 0.1) is 18.1 Å². The summed E-state index contributed by atoms with van der Waals surface area (Å²) in [6.45, 7) is 9.00. The number of aromatic nitrogens is 4. The Morgan fingerprint density at radius 1 is 1.14 bits per heavy atom. The van der Waals surface area contributed by atoms with Crippen LogP contribution in [0.3, 0.4) is 0 Å². The molecule has 0 bridgehead atoms. The van der Waals surface area contributed by atoms with Gasteiger partial charge in [-0.25, -0.2) is 14.6 Å². The van der Waals surface area contributed by atoms with Crippen LogP contribution in [0.25, 0.3) is 11.0 Å². The van der Waals surface area contributed by atoms with Crippen LogP contribution in [-0.4, -0.2) is 19.7 Å². The largest absolute Gasteiger partial charge is 0.243 e. The highest BCUT2D eigenvalue weighted by molar-refractivity contribution is 6.33. The second-order valence-corrected chi connectivity index (χ2v) is 6.91. The van der Waals surface area contributed by atoms with Gasteiger partial charge in [0.25, 0.3) is 0 Å². The zero-order chi connectivity index (χ0) is 15.9. The van der Waals surface area contributed by atoms with Crippen LogP contribution in [-0.2, 0) is 12.0 Å². The van der Waals surface area contributed by atoms with Gasteiger partial charge < -0.3 is 0 Å². The first-order valence-corrected chi connectivity index (χ1v) is 7.68. The Labute approximate surface area is 135 Å². The molecule has 0 unspecified atom stereocenters. The fourth-order valence-corrected chi connectivity index (χ4v) is 2.53. The van der Waals surface area contributed by atoms with E-state index in [1.54, 1.807) is 6.20 Å². The van der Waals surface area contributed by atoms with Crippen LogP contribution < -0.4 is 0 Å². The van der Waals surface area contributed by atoms with Crippen molar-refractivity contribution in [2.75, 3.05) is 0 Å². The number of halogens is 1. The minimum absolute atomic E-state index is 0.157. The smallest absolute Gasteiger partial charge is 0.163 e. The number of hydrogen-bond donors (Lipinski definition) is 0. The normalized spacial score (nSPS) is 12.0. The average Bonchev–Trinajstić information content (AvgIpc) is 2.84. The summed E-state index contributed by atoms with van der Waals surface area (Å²) < 4.78 is 1.89. The Kier molecular flexibility index (Phi) is 3.65. The summed E-state index contributed by atoms with van der Waals surface area (Å²) in [5.41, 5.74) is 3.09. The lowest BCUT2D eigenvalue weighted by molar-refractivity contribution is 0.545. The molecular formula is C17H19ClN4. The molecular weight excluding hydrogens is 296 g/mol. The number of nitrogens with zero attached hydrogens (tertiary/aromatic N) is 4. The Morgan fingerprint density at radius 2 is 1.86 bits per heavy atom. The average molecular weight is 315 g/mol. The molecule has 0 radical (unpaired) electrons. The van der Waals surface area contributed by atoms with Crippen molar-refractivity contribution in [1.29, 1.82) is 0 Å². The topological polar surface area (TPSA) is 43.6 Å². The number of benzene rings is 1. The molecule has 3 rings (SSSR count). The van der Waals surface area contributed by atoms with Crippen molar-refractivity contribution >= 4 is 22.6 Å². The van der Waals surface area contributed by atoms with Gasteiger partial charge in [-0.3, -0.25) is 0 Å². The molecule has 0 atom stereocenters. The van der Waals surface area contributed by atoms with E-state index in [0.717, 1.165) is 16.9 Å². The molecule has 2 aromatic heterocycles. The first-order chi connectivity index (χ1) is 10.4. The molecule has 3 aromatic rings. The molecule has 1 aromatic carbocycles. The van der Waals surface area contributed by atoms with Gasteiger partial charge in [-0.2, -0.15) is 5.10 Å². The maximum atomic E-state index is 6.31. The van der Waals surface area contributed by atoms with E-state index < -0.39 is 0 Å². The zero-order valence-corrected chi connectivity index (χ0v) is 14.0. The summed E-state index contributed by atoms with van der Waals surface area (Å²) in [6.07, 6.45) is 1.74. The number of rotatable bonds is 2. The van der Waals surface area contributed by atoms with Gasteiger partial charge in [-0.1, -0.05) is 56.6 Å². The molecule has 22 heavy (non-hydrogen) atoms. The molecule has 4 nitrogen and oxygen atoms in total. The van der Waals surface area contributed by atoms with E-state index in [4.69, 9.17) is 16.6 Å². The fraction of sp³-hybridized carbons (Fsp3) is 0.353. The van der Waals surface area contributed by atoms with Crippen molar-refractivity contribution < 1.29 is 0 Å². The van der Waals surface area contributed by atoms with Crippen LogP contribution in [0.1, 0.15) is 37.7 Å². The maximum Gasteiger partial charge on any atom is 0.163 e. The standard InChI is InChI=1S/C17H19ClN4/c1-11-7-5-6-8-12(11)10-22-15-13(9-19-22)14(18)20-16(21-15)17(2,3)4/h5-9H,10H2,1-4H3. The van der Waals surface area contributed by atoms with Gasteiger partial charge in [0.2, 0.25) is 0 Å². The molecule has 114 valence electrons. The van der Waals surface area contributed by atoms with Crippen molar-refractivity contribution in [2.45, 2.75) is 39.7 Å². The molecule has 5 heteroatoms. The van der Waals surface area contributed by atoms with Gasteiger partial charge in [0.15, 0.2) is 5.65 Å².